The fourth-order valence-electron chi connectivity index (χ4n) is 2.66. The molecule has 1 heterocycles. The second kappa shape index (κ2) is 10.8. The molecule has 0 aliphatic carbocycles. The first kappa shape index (κ1) is 24.1. The van der Waals surface area contributed by atoms with Crippen molar-refractivity contribution in [1.29, 1.82) is 0 Å². The second-order valence-corrected chi connectivity index (χ2v) is 8.84. The first-order chi connectivity index (χ1) is 15.7. The van der Waals surface area contributed by atoms with Crippen molar-refractivity contribution in [2.45, 2.75) is 6.92 Å². The lowest BCUT2D eigenvalue weighted by Gasteiger charge is -2.14. The van der Waals surface area contributed by atoms with Gasteiger partial charge in [-0.05, 0) is 31.2 Å². The minimum atomic E-state index is -3.48. The minimum absolute atomic E-state index is 0.205. The van der Waals surface area contributed by atoms with E-state index in [2.05, 4.69) is 25.3 Å². The van der Waals surface area contributed by atoms with Gasteiger partial charge in [-0.3, -0.25) is 4.72 Å². The number of aromatic nitrogens is 2. The molecule has 0 spiro atoms. The van der Waals surface area contributed by atoms with Crippen molar-refractivity contribution in [2.24, 2.45) is 0 Å². The molecule has 33 heavy (non-hydrogen) atoms. The Labute approximate surface area is 196 Å². The standard InChI is InChI=1S/C21H22ClN5O5S/c1-3-31-19(28)13-32-15-8-6-7-14(11-15)24-21-23-12-16(22)20(26-21)25-17-9-4-5-10-18(17)27-33(2,29)30/h4-12,27H,3,13H2,1-2H3,(H2,23,24,25,26). The number of benzene rings is 2. The van der Waals surface area contributed by atoms with Gasteiger partial charge in [0.1, 0.15) is 10.8 Å². The van der Waals surface area contributed by atoms with Gasteiger partial charge in [0.05, 0.1) is 30.4 Å². The molecule has 3 rings (SSSR count). The van der Waals surface area contributed by atoms with Gasteiger partial charge in [-0.1, -0.05) is 29.8 Å². The van der Waals surface area contributed by atoms with Crippen molar-refractivity contribution in [3.8, 4) is 5.75 Å². The van der Waals surface area contributed by atoms with Crippen molar-refractivity contribution in [3.63, 3.8) is 0 Å². The smallest absolute Gasteiger partial charge is 0.344 e. The molecule has 0 aliphatic heterocycles. The predicted molar refractivity (Wildman–Crippen MR) is 127 cm³/mol. The van der Waals surface area contributed by atoms with E-state index in [1.165, 1.54) is 6.20 Å². The number of halogens is 1. The average Bonchev–Trinajstić information content (AvgIpc) is 2.75. The fraction of sp³-hybridized carbons (Fsp3) is 0.190. The van der Waals surface area contributed by atoms with Crippen LogP contribution in [0.2, 0.25) is 5.02 Å². The molecule has 2 aromatic carbocycles. The number of carbonyl (C=O) groups excluding carboxylic acids is 1. The van der Waals surface area contributed by atoms with E-state index in [1.54, 1.807) is 55.5 Å². The Balaban J connectivity index is 1.75. The van der Waals surface area contributed by atoms with Gasteiger partial charge >= 0.3 is 5.97 Å². The third kappa shape index (κ3) is 7.51. The van der Waals surface area contributed by atoms with E-state index < -0.39 is 16.0 Å². The van der Waals surface area contributed by atoms with E-state index in [1.807, 2.05) is 0 Å². The Kier molecular flexibility index (Phi) is 7.91. The number of nitrogens with zero attached hydrogens (tertiary/aromatic N) is 2. The SMILES string of the molecule is CCOC(=O)COc1cccc(Nc2ncc(Cl)c(Nc3ccccc3NS(C)(=O)=O)n2)c1. The maximum absolute atomic E-state index is 11.6. The third-order valence-electron chi connectivity index (χ3n) is 3.97. The van der Waals surface area contributed by atoms with Gasteiger partial charge in [0.15, 0.2) is 12.4 Å². The zero-order valence-electron chi connectivity index (χ0n) is 17.8. The highest BCUT2D eigenvalue weighted by Gasteiger charge is 2.12. The van der Waals surface area contributed by atoms with Crippen LogP contribution < -0.4 is 20.1 Å². The summed E-state index contributed by atoms with van der Waals surface area (Å²) in [7, 11) is -3.48. The van der Waals surface area contributed by atoms with Gasteiger partial charge in [-0.2, -0.15) is 4.98 Å². The number of carbonyl (C=O) groups is 1. The van der Waals surface area contributed by atoms with Crippen LogP contribution in [0.1, 0.15) is 6.92 Å². The van der Waals surface area contributed by atoms with Gasteiger partial charge in [-0.15, -0.1) is 0 Å². The Morgan fingerprint density at radius 2 is 1.85 bits per heavy atom. The summed E-state index contributed by atoms with van der Waals surface area (Å²) in [6, 6.07) is 13.6. The summed E-state index contributed by atoms with van der Waals surface area (Å²) in [5, 5.41) is 6.29. The number of ether oxygens (including phenoxy) is 2. The van der Waals surface area contributed by atoms with E-state index >= 15 is 0 Å². The molecule has 0 bridgehead atoms. The molecule has 0 atom stereocenters. The van der Waals surface area contributed by atoms with E-state index in [0.29, 0.717) is 22.8 Å². The summed E-state index contributed by atoms with van der Waals surface area (Å²) in [6.45, 7) is 1.80. The predicted octanol–water partition coefficient (Wildman–Crippen LogP) is 3.93. The number of nitrogens with one attached hydrogen (secondary N) is 3. The lowest BCUT2D eigenvalue weighted by molar-refractivity contribution is -0.145. The van der Waals surface area contributed by atoms with E-state index in [-0.39, 0.29) is 30.0 Å². The highest BCUT2D eigenvalue weighted by molar-refractivity contribution is 7.92. The summed E-state index contributed by atoms with van der Waals surface area (Å²) in [5.41, 5.74) is 1.42. The first-order valence-corrected chi connectivity index (χ1v) is 12.0. The molecule has 1 aromatic heterocycles. The van der Waals surface area contributed by atoms with Crippen LogP contribution in [0.15, 0.2) is 54.7 Å². The zero-order valence-corrected chi connectivity index (χ0v) is 19.4. The maximum atomic E-state index is 11.6. The number of sulfonamides is 1. The summed E-state index contributed by atoms with van der Waals surface area (Å²) in [5.74, 6) is 0.504. The van der Waals surface area contributed by atoms with Crippen LogP contribution >= 0.6 is 11.6 Å². The first-order valence-electron chi connectivity index (χ1n) is 9.75. The zero-order chi connectivity index (χ0) is 23.8. The Morgan fingerprint density at radius 3 is 2.58 bits per heavy atom. The molecule has 3 aromatic rings. The molecule has 174 valence electrons. The van der Waals surface area contributed by atoms with Crippen molar-refractivity contribution >= 4 is 56.4 Å². The lowest BCUT2D eigenvalue weighted by atomic mass is 10.2. The highest BCUT2D eigenvalue weighted by Crippen LogP contribution is 2.30. The monoisotopic (exact) mass is 491 g/mol. The Bertz CT molecular complexity index is 1240. The van der Waals surface area contributed by atoms with Crippen LogP contribution in [0.5, 0.6) is 5.75 Å². The molecule has 0 radical (unpaired) electrons. The molecule has 0 unspecified atom stereocenters. The summed E-state index contributed by atoms with van der Waals surface area (Å²) in [4.78, 5) is 20.0. The van der Waals surface area contributed by atoms with Gasteiger partial charge in [-0.25, -0.2) is 18.2 Å². The van der Waals surface area contributed by atoms with Crippen molar-refractivity contribution in [2.75, 3.05) is 34.8 Å². The molecule has 12 heteroatoms. The van der Waals surface area contributed by atoms with Crippen LogP contribution in [0.25, 0.3) is 0 Å². The van der Waals surface area contributed by atoms with Crippen LogP contribution in [0, 0.1) is 0 Å². The summed E-state index contributed by atoms with van der Waals surface area (Å²) < 4.78 is 36.0. The number of rotatable bonds is 10. The van der Waals surface area contributed by atoms with Crippen LogP contribution in [-0.4, -0.2) is 43.8 Å². The summed E-state index contributed by atoms with van der Waals surface area (Å²) >= 11 is 6.24. The molecular weight excluding hydrogens is 470 g/mol. The molecule has 10 nitrogen and oxygen atoms in total. The van der Waals surface area contributed by atoms with Crippen molar-refractivity contribution in [1.82, 2.24) is 9.97 Å². The normalized spacial score (nSPS) is 10.9. The van der Waals surface area contributed by atoms with E-state index in [4.69, 9.17) is 21.1 Å². The van der Waals surface area contributed by atoms with Crippen LogP contribution in [0.4, 0.5) is 28.8 Å². The molecule has 0 saturated carbocycles. The van der Waals surface area contributed by atoms with Crippen molar-refractivity contribution < 1.29 is 22.7 Å². The molecule has 0 amide bonds. The van der Waals surface area contributed by atoms with Gasteiger partial charge in [0, 0.05) is 11.8 Å². The van der Waals surface area contributed by atoms with Crippen LogP contribution in [0.3, 0.4) is 0 Å². The Morgan fingerprint density at radius 1 is 1.09 bits per heavy atom. The number of anilines is 5. The molecule has 0 aliphatic rings. The van der Waals surface area contributed by atoms with Gasteiger partial charge in [0.25, 0.3) is 0 Å². The molecular formula is C21H22ClN5O5S. The minimum Gasteiger partial charge on any atom is -0.482 e. The largest absolute Gasteiger partial charge is 0.482 e. The molecule has 3 N–H and O–H groups in total. The van der Waals surface area contributed by atoms with Crippen molar-refractivity contribution in [3.05, 3.63) is 59.8 Å². The molecule has 0 saturated heterocycles. The quantitative estimate of drug-likeness (QED) is 0.361. The topological polar surface area (TPSA) is 132 Å². The second-order valence-electron chi connectivity index (χ2n) is 6.68. The van der Waals surface area contributed by atoms with Gasteiger partial charge < -0.3 is 20.1 Å². The average molecular weight is 492 g/mol. The third-order valence-corrected chi connectivity index (χ3v) is 4.84. The summed E-state index contributed by atoms with van der Waals surface area (Å²) in [6.07, 6.45) is 2.47. The lowest BCUT2D eigenvalue weighted by Crippen LogP contribution is -2.14. The Hall–Kier alpha value is -3.57. The maximum Gasteiger partial charge on any atom is 0.344 e. The van der Waals surface area contributed by atoms with Crippen LogP contribution in [-0.2, 0) is 19.6 Å². The number of hydrogen-bond acceptors (Lipinski definition) is 9. The molecule has 0 fully saturated rings. The number of esters is 1. The van der Waals surface area contributed by atoms with E-state index in [9.17, 15) is 13.2 Å². The number of hydrogen-bond donors (Lipinski definition) is 3. The van der Waals surface area contributed by atoms with Gasteiger partial charge in [0.2, 0.25) is 16.0 Å². The highest BCUT2D eigenvalue weighted by atomic mass is 35.5. The fourth-order valence-corrected chi connectivity index (χ4v) is 3.38. The number of para-hydroxylation sites is 2. The van der Waals surface area contributed by atoms with E-state index in [0.717, 1.165) is 6.26 Å².